The van der Waals surface area contributed by atoms with E-state index in [4.69, 9.17) is 0 Å². The highest BCUT2D eigenvalue weighted by molar-refractivity contribution is 9.09. The fraction of sp³-hybridized carbons (Fsp3) is 0.625. The highest BCUT2D eigenvalue weighted by Gasteiger charge is 2.43. The van der Waals surface area contributed by atoms with Gasteiger partial charge >= 0.3 is 0 Å². The molecule has 76 valence electrons. The quantitative estimate of drug-likeness (QED) is 0.803. The number of carbonyl (C=O) groups is 1. The van der Waals surface area contributed by atoms with Crippen LogP contribution in [-0.4, -0.2) is 31.8 Å². The van der Waals surface area contributed by atoms with Crippen LogP contribution in [0.3, 0.4) is 0 Å². The van der Waals surface area contributed by atoms with Crippen molar-refractivity contribution in [2.24, 2.45) is 7.05 Å². The second kappa shape index (κ2) is 3.34. The van der Waals surface area contributed by atoms with Gasteiger partial charge in [-0.15, -0.1) is 5.10 Å². The van der Waals surface area contributed by atoms with E-state index < -0.39 is 0 Å². The number of amides is 1. The van der Waals surface area contributed by atoms with Crippen LogP contribution in [0.1, 0.15) is 23.3 Å². The minimum absolute atomic E-state index is 0.0331. The van der Waals surface area contributed by atoms with Gasteiger partial charge in [-0.25, -0.2) is 0 Å². The molecule has 1 fully saturated rings. The molecule has 0 atom stereocenters. The van der Waals surface area contributed by atoms with Crippen LogP contribution in [-0.2, 0) is 7.05 Å². The summed E-state index contributed by atoms with van der Waals surface area (Å²) in [4.78, 5) is 13.0. The maximum absolute atomic E-state index is 11.6. The Morgan fingerprint density at radius 2 is 2.50 bits per heavy atom. The van der Waals surface area contributed by atoms with Crippen molar-refractivity contribution in [2.45, 2.75) is 18.4 Å². The number of carbonyl (C=O) groups excluding carboxylic acids is 1. The smallest absolute Gasteiger partial charge is 0.273 e. The predicted octanol–water partition coefficient (Wildman–Crippen LogP) is 0.472. The van der Waals surface area contributed by atoms with Crippen molar-refractivity contribution in [2.75, 3.05) is 5.33 Å². The molecule has 14 heavy (non-hydrogen) atoms. The normalized spacial score (nSPS) is 17.9. The fourth-order valence-electron chi connectivity index (χ4n) is 1.20. The number of halogens is 1. The van der Waals surface area contributed by atoms with E-state index in [9.17, 15) is 4.79 Å². The Morgan fingerprint density at radius 3 is 2.93 bits per heavy atom. The average Bonchev–Trinajstić information content (AvgIpc) is 2.80. The van der Waals surface area contributed by atoms with Gasteiger partial charge < -0.3 is 5.32 Å². The van der Waals surface area contributed by atoms with Crippen LogP contribution >= 0.6 is 15.9 Å². The average molecular weight is 259 g/mol. The number of hydrogen-bond acceptors (Lipinski definition) is 3. The number of aryl methyl sites for hydroxylation is 1. The first kappa shape index (κ1) is 9.64. The van der Waals surface area contributed by atoms with Crippen molar-refractivity contribution in [3.63, 3.8) is 0 Å². The van der Waals surface area contributed by atoms with Crippen LogP contribution in [0.25, 0.3) is 0 Å². The van der Waals surface area contributed by atoms with E-state index in [1.54, 1.807) is 7.05 Å². The lowest BCUT2D eigenvalue weighted by molar-refractivity contribution is 0.0930. The lowest BCUT2D eigenvalue weighted by atomic mass is 10.3. The third-order valence-corrected chi connectivity index (χ3v) is 3.39. The van der Waals surface area contributed by atoms with E-state index >= 15 is 0 Å². The van der Waals surface area contributed by atoms with Gasteiger partial charge in [-0.2, -0.15) is 9.90 Å². The maximum atomic E-state index is 11.6. The molecule has 1 aromatic heterocycles. The number of hydrogen-bond donors (Lipinski definition) is 1. The zero-order chi connectivity index (χ0) is 10.2. The summed E-state index contributed by atoms with van der Waals surface area (Å²) in [6.07, 6.45) is 3.54. The summed E-state index contributed by atoms with van der Waals surface area (Å²) in [6.45, 7) is 0. The highest BCUT2D eigenvalue weighted by Crippen LogP contribution is 2.36. The van der Waals surface area contributed by atoms with E-state index in [0.29, 0.717) is 5.69 Å². The summed E-state index contributed by atoms with van der Waals surface area (Å²) in [5.41, 5.74) is 0.342. The van der Waals surface area contributed by atoms with Gasteiger partial charge in [0.1, 0.15) is 0 Å². The van der Waals surface area contributed by atoms with Crippen molar-refractivity contribution in [3.05, 3.63) is 11.9 Å². The van der Waals surface area contributed by atoms with Crippen molar-refractivity contribution in [3.8, 4) is 0 Å². The molecule has 0 bridgehead atoms. The SMILES string of the molecule is Cn1ncc(C(=O)NC2(CBr)CC2)n1. The summed E-state index contributed by atoms with van der Waals surface area (Å²) < 4.78 is 0. The van der Waals surface area contributed by atoms with E-state index in [1.165, 1.54) is 11.0 Å². The number of nitrogens with zero attached hydrogens (tertiary/aromatic N) is 3. The monoisotopic (exact) mass is 258 g/mol. The van der Waals surface area contributed by atoms with Crippen molar-refractivity contribution >= 4 is 21.8 Å². The predicted molar refractivity (Wildman–Crippen MR) is 54.2 cm³/mol. The van der Waals surface area contributed by atoms with Gasteiger partial charge in [0.25, 0.3) is 5.91 Å². The van der Waals surface area contributed by atoms with Gasteiger partial charge in [-0.05, 0) is 12.8 Å². The van der Waals surface area contributed by atoms with Gasteiger partial charge in [0.05, 0.1) is 11.7 Å². The second-order valence-electron chi connectivity index (χ2n) is 3.59. The minimum Gasteiger partial charge on any atom is -0.344 e. The molecule has 0 saturated heterocycles. The van der Waals surface area contributed by atoms with E-state index in [0.717, 1.165) is 18.2 Å². The van der Waals surface area contributed by atoms with Crippen molar-refractivity contribution < 1.29 is 4.79 Å². The summed E-state index contributed by atoms with van der Waals surface area (Å²) in [7, 11) is 1.69. The molecule has 0 spiro atoms. The molecule has 1 aromatic rings. The van der Waals surface area contributed by atoms with Gasteiger partial charge in [-0.1, -0.05) is 15.9 Å². The molecular formula is C8H11BrN4O. The molecule has 1 heterocycles. The third-order valence-electron chi connectivity index (χ3n) is 2.32. The van der Waals surface area contributed by atoms with Crippen molar-refractivity contribution in [1.29, 1.82) is 0 Å². The molecule has 1 N–H and O–H groups in total. The standard InChI is InChI=1S/C8H11BrN4O/c1-13-10-4-6(12-13)7(14)11-8(5-9)2-3-8/h4H,2-3,5H2,1H3,(H,11,14). The zero-order valence-electron chi connectivity index (χ0n) is 7.83. The Balaban J connectivity index is 2.03. The van der Waals surface area contributed by atoms with E-state index in [-0.39, 0.29) is 11.4 Å². The molecule has 1 aliphatic rings. The van der Waals surface area contributed by atoms with Gasteiger partial charge in [0, 0.05) is 12.4 Å². The first-order valence-electron chi connectivity index (χ1n) is 4.40. The summed E-state index contributed by atoms with van der Waals surface area (Å²) in [5.74, 6) is -0.143. The molecule has 1 aliphatic carbocycles. The Morgan fingerprint density at radius 1 is 1.79 bits per heavy atom. The van der Waals surface area contributed by atoms with Gasteiger partial charge in [-0.3, -0.25) is 4.79 Å². The van der Waals surface area contributed by atoms with Crippen LogP contribution in [0.5, 0.6) is 0 Å². The van der Waals surface area contributed by atoms with Crippen LogP contribution in [0, 0.1) is 0 Å². The third kappa shape index (κ3) is 1.79. The van der Waals surface area contributed by atoms with Crippen LogP contribution in [0.2, 0.25) is 0 Å². The van der Waals surface area contributed by atoms with Gasteiger partial charge in [0.15, 0.2) is 5.69 Å². The zero-order valence-corrected chi connectivity index (χ0v) is 9.41. The largest absolute Gasteiger partial charge is 0.344 e. The number of rotatable bonds is 3. The Hall–Kier alpha value is -0.910. The molecule has 1 amide bonds. The first-order valence-corrected chi connectivity index (χ1v) is 5.52. The number of nitrogens with one attached hydrogen (secondary N) is 1. The Bertz CT molecular complexity index is 358. The summed E-state index contributed by atoms with van der Waals surface area (Å²) in [6, 6.07) is 0. The number of aromatic nitrogens is 3. The number of alkyl halides is 1. The minimum atomic E-state index is -0.143. The second-order valence-corrected chi connectivity index (χ2v) is 4.15. The molecule has 0 aromatic carbocycles. The summed E-state index contributed by atoms with van der Waals surface area (Å²) >= 11 is 3.38. The molecule has 0 unspecified atom stereocenters. The lowest BCUT2D eigenvalue weighted by Gasteiger charge is -2.12. The molecule has 0 radical (unpaired) electrons. The highest BCUT2D eigenvalue weighted by atomic mass is 79.9. The van der Waals surface area contributed by atoms with E-state index in [1.807, 2.05) is 0 Å². The van der Waals surface area contributed by atoms with E-state index in [2.05, 4.69) is 31.4 Å². The van der Waals surface area contributed by atoms with Crippen LogP contribution in [0.4, 0.5) is 0 Å². The fourth-order valence-corrected chi connectivity index (χ4v) is 1.90. The molecular weight excluding hydrogens is 248 g/mol. The maximum Gasteiger partial charge on any atom is 0.273 e. The molecule has 1 saturated carbocycles. The lowest BCUT2D eigenvalue weighted by Crippen LogP contribution is -2.38. The Kier molecular flexibility index (Phi) is 2.30. The first-order chi connectivity index (χ1) is 6.65. The molecule has 2 rings (SSSR count). The van der Waals surface area contributed by atoms with Crippen LogP contribution in [0.15, 0.2) is 6.20 Å². The Labute approximate surface area is 90.0 Å². The van der Waals surface area contributed by atoms with Gasteiger partial charge in [0.2, 0.25) is 0 Å². The molecule has 0 aliphatic heterocycles. The molecule has 5 nitrogen and oxygen atoms in total. The summed E-state index contributed by atoms with van der Waals surface area (Å²) in [5, 5.41) is 11.5. The van der Waals surface area contributed by atoms with Crippen molar-refractivity contribution in [1.82, 2.24) is 20.3 Å². The molecule has 6 heteroatoms. The topological polar surface area (TPSA) is 59.8 Å². The van der Waals surface area contributed by atoms with Crippen LogP contribution < -0.4 is 5.32 Å².